The van der Waals surface area contributed by atoms with E-state index in [1.54, 1.807) is 47.1 Å². The van der Waals surface area contributed by atoms with Gasteiger partial charge >= 0.3 is 0 Å². The number of rotatable bonds is 11. The van der Waals surface area contributed by atoms with Gasteiger partial charge in [-0.1, -0.05) is 0 Å². The molecule has 4 fully saturated rings. The van der Waals surface area contributed by atoms with Gasteiger partial charge in [0.2, 0.25) is 11.8 Å². The van der Waals surface area contributed by atoms with Crippen LogP contribution in [0.3, 0.4) is 0 Å². The highest BCUT2D eigenvalue weighted by Crippen LogP contribution is 2.35. The number of aryl methyl sites for hydroxylation is 1. The number of anilines is 3. The Morgan fingerprint density at radius 3 is 2.20 bits per heavy atom. The molecule has 0 bridgehead atoms. The molecule has 3 amide bonds. The molecule has 3 aromatic heterocycles. The van der Waals surface area contributed by atoms with Gasteiger partial charge in [-0.2, -0.15) is 0 Å². The number of piperidine rings is 3. The van der Waals surface area contributed by atoms with E-state index in [4.69, 9.17) is 0 Å². The Bertz CT molecular complexity index is 2640. The predicted octanol–water partition coefficient (Wildman–Crippen LogP) is 5.45. The molecule has 0 aliphatic carbocycles. The van der Waals surface area contributed by atoms with Crippen molar-refractivity contribution in [2.45, 2.75) is 57.0 Å². The molecule has 17 heteroatoms. The predicted molar refractivity (Wildman–Crippen MR) is 243 cm³/mol. The number of carbonyl (C=O) groups excluding carboxylic acids is 3. The van der Waals surface area contributed by atoms with Gasteiger partial charge in [0.25, 0.3) is 11.5 Å². The van der Waals surface area contributed by atoms with Crippen molar-refractivity contribution in [1.29, 1.82) is 0 Å². The van der Waals surface area contributed by atoms with Crippen LogP contribution in [0.15, 0.2) is 71.8 Å². The van der Waals surface area contributed by atoms with Gasteiger partial charge in [0.05, 0.1) is 11.4 Å². The molecule has 0 unspecified atom stereocenters. The van der Waals surface area contributed by atoms with Gasteiger partial charge in [0, 0.05) is 125 Å². The van der Waals surface area contributed by atoms with E-state index in [0.29, 0.717) is 82.4 Å². The van der Waals surface area contributed by atoms with Crippen LogP contribution < -0.4 is 26.4 Å². The van der Waals surface area contributed by atoms with E-state index in [1.807, 2.05) is 28.6 Å². The molecule has 7 heterocycles. The number of nitrogens with zero attached hydrogens (tertiary/aromatic N) is 7. The lowest BCUT2D eigenvalue weighted by Crippen LogP contribution is -2.49. The maximum atomic E-state index is 15.8. The second kappa shape index (κ2) is 18.7. The summed E-state index contributed by atoms with van der Waals surface area (Å²) in [4.78, 5) is 63.0. The molecule has 14 nitrogen and oxygen atoms in total. The van der Waals surface area contributed by atoms with Crippen LogP contribution >= 0.6 is 0 Å². The maximum Gasteiger partial charge on any atom is 0.257 e. The molecule has 4 aliphatic heterocycles. The summed E-state index contributed by atoms with van der Waals surface area (Å²) in [5.41, 5.74) is 4.18. The van der Waals surface area contributed by atoms with Crippen molar-refractivity contribution >= 4 is 45.8 Å². The van der Waals surface area contributed by atoms with Crippen LogP contribution in [0.1, 0.15) is 66.1 Å². The van der Waals surface area contributed by atoms with Gasteiger partial charge in [-0.3, -0.25) is 38.9 Å². The number of fused-ring (bicyclic) bond motifs is 1. The minimum atomic E-state index is -0.675. The molecule has 2 aromatic carbocycles. The van der Waals surface area contributed by atoms with Crippen molar-refractivity contribution in [1.82, 2.24) is 34.1 Å². The molecule has 5 aromatic rings. The number of hydrogen-bond donors (Lipinski definition) is 3. The summed E-state index contributed by atoms with van der Waals surface area (Å²) in [6.07, 6.45) is 6.75. The van der Waals surface area contributed by atoms with Gasteiger partial charge in [0.15, 0.2) is 0 Å². The topological polar surface area (TPSA) is 140 Å². The van der Waals surface area contributed by atoms with Crippen molar-refractivity contribution < 1.29 is 27.6 Å². The molecule has 9 rings (SSSR count). The van der Waals surface area contributed by atoms with E-state index in [9.17, 15) is 19.2 Å². The van der Waals surface area contributed by atoms with Gasteiger partial charge in [0.1, 0.15) is 29.1 Å². The Labute approximate surface area is 375 Å². The van der Waals surface area contributed by atoms with Crippen LogP contribution in [0, 0.1) is 23.4 Å². The van der Waals surface area contributed by atoms with E-state index in [-0.39, 0.29) is 46.7 Å². The number of carbonyl (C=O) groups is 3. The normalized spacial score (nSPS) is 19.5. The van der Waals surface area contributed by atoms with Gasteiger partial charge in [-0.05, 0) is 106 Å². The third-order valence-electron chi connectivity index (χ3n) is 13.8. The zero-order valence-electron chi connectivity index (χ0n) is 36.8. The van der Waals surface area contributed by atoms with E-state index < -0.39 is 23.6 Å². The van der Waals surface area contributed by atoms with Crippen molar-refractivity contribution in [3.63, 3.8) is 0 Å². The molecular formula is C48H55F3N10O4. The smallest absolute Gasteiger partial charge is 0.257 e. The Kier molecular flexibility index (Phi) is 12.7. The fraction of sp³-hybridized carbons (Fsp3) is 0.438. The average Bonchev–Trinajstić information content (AvgIpc) is 3.62. The number of benzene rings is 2. The summed E-state index contributed by atoms with van der Waals surface area (Å²) < 4.78 is 50.4. The largest absolute Gasteiger partial charge is 0.388 e. The third-order valence-corrected chi connectivity index (χ3v) is 13.8. The van der Waals surface area contributed by atoms with Crippen molar-refractivity contribution in [2.75, 3.05) is 81.5 Å². The summed E-state index contributed by atoms with van der Waals surface area (Å²) in [6, 6.07) is 14.0. The van der Waals surface area contributed by atoms with E-state index in [1.165, 1.54) is 18.2 Å². The quantitative estimate of drug-likeness (QED) is 0.147. The lowest BCUT2D eigenvalue weighted by molar-refractivity contribution is -0.133. The molecule has 65 heavy (non-hydrogen) atoms. The van der Waals surface area contributed by atoms with Crippen molar-refractivity contribution in [2.24, 2.45) is 13.0 Å². The first-order chi connectivity index (χ1) is 31.4. The van der Waals surface area contributed by atoms with E-state index in [0.717, 1.165) is 60.6 Å². The highest BCUT2D eigenvalue weighted by atomic mass is 19.1. The number of imide groups is 1. The monoisotopic (exact) mass is 892 g/mol. The molecular weight excluding hydrogens is 838 g/mol. The van der Waals surface area contributed by atoms with Crippen LogP contribution in [0.4, 0.5) is 30.2 Å². The van der Waals surface area contributed by atoms with Crippen LogP contribution in [0.2, 0.25) is 0 Å². The molecule has 0 radical (unpaired) electrons. The minimum absolute atomic E-state index is 0.0340. The Morgan fingerprint density at radius 2 is 1.52 bits per heavy atom. The summed E-state index contributed by atoms with van der Waals surface area (Å²) in [5, 5.41) is 9.19. The number of halogens is 3. The first kappa shape index (κ1) is 44.0. The molecule has 342 valence electrons. The molecule has 1 atom stereocenters. The average molecular weight is 893 g/mol. The van der Waals surface area contributed by atoms with Crippen LogP contribution in [0.25, 0.3) is 16.7 Å². The fourth-order valence-electron chi connectivity index (χ4n) is 10.1. The second-order valence-electron chi connectivity index (χ2n) is 17.9. The number of hydrogen-bond acceptors (Lipinski definition) is 10. The first-order valence-corrected chi connectivity index (χ1v) is 22.6. The van der Waals surface area contributed by atoms with Gasteiger partial charge < -0.3 is 25.0 Å². The highest BCUT2D eigenvalue weighted by molar-refractivity contribution is 6.01. The summed E-state index contributed by atoms with van der Waals surface area (Å²) >= 11 is 0. The number of pyridine rings is 2. The Hall–Kier alpha value is -6.20. The SMILES string of the molecule is CNc1ccn(-c2ccnc3c2cc(CN2CCC(c4c(F)cc(C(=O)N5CCC(CN6CCN(c7ccc(N[C@H]8CCC(=O)NC8=O)cc7F)CC6)CC5)cc4F)CC2)n3C)c(=O)c1. The van der Waals surface area contributed by atoms with Gasteiger partial charge in [-0.15, -0.1) is 0 Å². The highest BCUT2D eigenvalue weighted by Gasteiger charge is 2.32. The molecule has 4 saturated heterocycles. The number of likely N-dealkylation sites (tertiary alicyclic amines) is 2. The fourth-order valence-corrected chi connectivity index (χ4v) is 10.1. The lowest BCUT2D eigenvalue weighted by atomic mass is 9.87. The minimum Gasteiger partial charge on any atom is -0.388 e. The molecule has 3 N–H and O–H groups in total. The zero-order chi connectivity index (χ0) is 45.4. The van der Waals surface area contributed by atoms with E-state index >= 15 is 13.2 Å². The summed E-state index contributed by atoms with van der Waals surface area (Å²) in [6.45, 7) is 6.61. The standard InChI is InChI=1S/C48H55F3N10O4/c1-52-33-12-18-61(44(63)26-33)41-7-13-53-46-36(41)27-35(56(46)2)29-57-14-10-31(11-15-57)45-38(50)23-32(24-39(45)51)48(65)60-16-8-30(9-17-60)28-58-19-21-59(22-20-58)42-5-3-34(25-37(42)49)54-40-4-6-43(62)55-47(40)64/h3,5,7,12-13,18,23-27,30-31,40,52,54H,4,6,8-11,14-17,19-22,28-29H2,1-2H3,(H,55,62,64)/t40-/m0/s1. The van der Waals surface area contributed by atoms with Crippen molar-refractivity contribution in [3.05, 3.63) is 112 Å². The first-order valence-electron chi connectivity index (χ1n) is 22.6. The second-order valence-corrected chi connectivity index (χ2v) is 17.9. The number of aromatic nitrogens is 3. The summed E-state index contributed by atoms with van der Waals surface area (Å²) in [7, 11) is 3.72. The van der Waals surface area contributed by atoms with Crippen molar-refractivity contribution in [3.8, 4) is 5.69 Å². The lowest BCUT2D eigenvalue weighted by Gasteiger charge is -2.39. The molecule has 4 aliphatic rings. The van der Waals surface area contributed by atoms with Gasteiger partial charge in [-0.25, -0.2) is 18.2 Å². The third kappa shape index (κ3) is 9.34. The number of piperazine rings is 1. The Balaban J connectivity index is 0.739. The summed E-state index contributed by atoms with van der Waals surface area (Å²) in [5.74, 6) is -2.74. The van der Waals surface area contributed by atoms with E-state index in [2.05, 4.69) is 36.8 Å². The number of nitrogens with one attached hydrogen (secondary N) is 3. The Morgan fingerprint density at radius 1 is 0.785 bits per heavy atom. The van der Waals surface area contributed by atoms with Crippen LogP contribution in [0.5, 0.6) is 0 Å². The maximum absolute atomic E-state index is 15.8. The molecule has 0 spiro atoms. The zero-order valence-corrected chi connectivity index (χ0v) is 36.8. The molecule has 0 saturated carbocycles. The number of amides is 3. The van der Waals surface area contributed by atoms with Crippen LogP contribution in [-0.4, -0.2) is 119 Å². The van der Waals surface area contributed by atoms with Crippen LogP contribution in [-0.2, 0) is 23.2 Å².